The van der Waals surface area contributed by atoms with Crippen molar-refractivity contribution in [1.82, 2.24) is 10.6 Å². The molecule has 0 spiro atoms. The van der Waals surface area contributed by atoms with Gasteiger partial charge < -0.3 is 25.4 Å². The lowest BCUT2D eigenvalue weighted by molar-refractivity contribution is -0.121. The standard InChI is InChI=1S/C20H22BrN3O5/c1-28-17-8-3-13(11-16(17)19(26)29-2)12-23-18(25)9-10-22-20(27)24-15-6-4-14(21)5-7-15/h3-8,11H,9-10,12H2,1-2H3,(H,23,25)(H2,22,24,27). The molecule has 2 rings (SSSR count). The second-order valence-corrected chi connectivity index (χ2v) is 6.86. The minimum atomic E-state index is -0.518. The summed E-state index contributed by atoms with van der Waals surface area (Å²) in [5.74, 6) is -0.353. The molecule has 0 heterocycles. The lowest BCUT2D eigenvalue weighted by atomic mass is 10.1. The highest BCUT2D eigenvalue weighted by atomic mass is 79.9. The number of carbonyl (C=O) groups excluding carboxylic acids is 3. The van der Waals surface area contributed by atoms with E-state index in [2.05, 4.69) is 31.9 Å². The Balaban J connectivity index is 1.76. The van der Waals surface area contributed by atoms with E-state index in [0.29, 0.717) is 11.4 Å². The molecule has 2 aromatic rings. The van der Waals surface area contributed by atoms with Gasteiger partial charge in [0.05, 0.1) is 14.2 Å². The fraction of sp³-hybridized carbons (Fsp3) is 0.250. The molecule has 3 N–H and O–H groups in total. The quantitative estimate of drug-likeness (QED) is 0.521. The first-order chi connectivity index (χ1) is 13.9. The largest absolute Gasteiger partial charge is 0.496 e. The number of esters is 1. The van der Waals surface area contributed by atoms with E-state index in [1.165, 1.54) is 14.2 Å². The van der Waals surface area contributed by atoms with Crippen LogP contribution in [0.25, 0.3) is 0 Å². The Kier molecular flexibility index (Phi) is 8.47. The zero-order valence-corrected chi connectivity index (χ0v) is 17.7. The molecule has 2 aromatic carbocycles. The van der Waals surface area contributed by atoms with Crippen molar-refractivity contribution in [1.29, 1.82) is 0 Å². The number of hydrogen-bond acceptors (Lipinski definition) is 5. The van der Waals surface area contributed by atoms with Crippen LogP contribution >= 0.6 is 15.9 Å². The van der Waals surface area contributed by atoms with Crippen LogP contribution in [0.5, 0.6) is 5.75 Å². The number of ether oxygens (including phenoxy) is 2. The third kappa shape index (κ3) is 7.11. The number of benzene rings is 2. The van der Waals surface area contributed by atoms with Crippen LogP contribution in [0.15, 0.2) is 46.9 Å². The number of amides is 3. The molecule has 0 atom stereocenters. The van der Waals surface area contributed by atoms with E-state index < -0.39 is 12.0 Å². The third-order valence-electron chi connectivity index (χ3n) is 3.90. The second kappa shape index (κ2) is 11.1. The Morgan fingerprint density at radius 2 is 1.72 bits per heavy atom. The summed E-state index contributed by atoms with van der Waals surface area (Å²) >= 11 is 3.32. The minimum Gasteiger partial charge on any atom is -0.496 e. The maximum Gasteiger partial charge on any atom is 0.341 e. The molecule has 0 aromatic heterocycles. The predicted molar refractivity (Wildman–Crippen MR) is 112 cm³/mol. The molecule has 0 radical (unpaired) electrons. The van der Waals surface area contributed by atoms with Crippen molar-refractivity contribution in [3.8, 4) is 5.75 Å². The maximum absolute atomic E-state index is 12.0. The fourth-order valence-corrected chi connectivity index (χ4v) is 2.69. The molecule has 0 saturated carbocycles. The van der Waals surface area contributed by atoms with Crippen molar-refractivity contribution in [2.45, 2.75) is 13.0 Å². The van der Waals surface area contributed by atoms with E-state index in [1.54, 1.807) is 30.3 Å². The highest BCUT2D eigenvalue weighted by Gasteiger charge is 2.13. The van der Waals surface area contributed by atoms with Gasteiger partial charge in [-0.3, -0.25) is 4.79 Å². The summed E-state index contributed by atoms with van der Waals surface area (Å²) in [6.45, 7) is 0.419. The van der Waals surface area contributed by atoms with Crippen molar-refractivity contribution in [2.75, 3.05) is 26.1 Å². The number of methoxy groups -OCH3 is 2. The normalized spacial score (nSPS) is 10.0. The van der Waals surface area contributed by atoms with Crippen molar-refractivity contribution in [3.63, 3.8) is 0 Å². The van der Waals surface area contributed by atoms with Gasteiger partial charge in [-0.05, 0) is 42.0 Å². The van der Waals surface area contributed by atoms with Gasteiger partial charge in [-0.15, -0.1) is 0 Å². The lowest BCUT2D eigenvalue weighted by Gasteiger charge is -2.11. The molecule has 0 bridgehead atoms. The highest BCUT2D eigenvalue weighted by Crippen LogP contribution is 2.20. The lowest BCUT2D eigenvalue weighted by Crippen LogP contribution is -2.33. The monoisotopic (exact) mass is 463 g/mol. The van der Waals surface area contributed by atoms with Gasteiger partial charge in [-0.1, -0.05) is 22.0 Å². The summed E-state index contributed by atoms with van der Waals surface area (Å²) in [7, 11) is 2.75. The van der Waals surface area contributed by atoms with E-state index in [1.807, 2.05) is 12.1 Å². The van der Waals surface area contributed by atoms with Crippen LogP contribution in [0.2, 0.25) is 0 Å². The number of urea groups is 1. The van der Waals surface area contributed by atoms with Crippen LogP contribution in [0.1, 0.15) is 22.3 Å². The van der Waals surface area contributed by atoms with Gasteiger partial charge in [0.25, 0.3) is 0 Å². The smallest absolute Gasteiger partial charge is 0.341 e. The molecular formula is C20H22BrN3O5. The molecule has 29 heavy (non-hydrogen) atoms. The highest BCUT2D eigenvalue weighted by molar-refractivity contribution is 9.10. The van der Waals surface area contributed by atoms with Gasteiger partial charge in [-0.25, -0.2) is 9.59 Å². The summed E-state index contributed by atoms with van der Waals surface area (Å²) in [4.78, 5) is 35.6. The van der Waals surface area contributed by atoms with Crippen LogP contribution < -0.4 is 20.7 Å². The minimum absolute atomic E-state index is 0.119. The molecule has 3 amide bonds. The zero-order valence-electron chi connectivity index (χ0n) is 16.1. The average molecular weight is 464 g/mol. The molecule has 0 unspecified atom stereocenters. The van der Waals surface area contributed by atoms with Gasteiger partial charge >= 0.3 is 12.0 Å². The van der Waals surface area contributed by atoms with E-state index in [4.69, 9.17) is 9.47 Å². The molecule has 9 heteroatoms. The van der Waals surface area contributed by atoms with Gasteiger partial charge in [0.15, 0.2) is 0 Å². The topological polar surface area (TPSA) is 106 Å². The number of rotatable bonds is 8. The molecule has 0 fully saturated rings. The van der Waals surface area contributed by atoms with Gasteiger partial charge in [-0.2, -0.15) is 0 Å². The first kappa shape index (κ1) is 22.2. The van der Waals surface area contributed by atoms with E-state index in [0.717, 1.165) is 10.0 Å². The summed E-state index contributed by atoms with van der Waals surface area (Å²) < 4.78 is 10.8. The van der Waals surface area contributed by atoms with Crippen LogP contribution in [0.3, 0.4) is 0 Å². The van der Waals surface area contributed by atoms with Crippen molar-refractivity contribution < 1.29 is 23.9 Å². The Morgan fingerprint density at radius 1 is 1.00 bits per heavy atom. The van der Waals surface area contributed by atoms with Crippen molar-refractivity contribution in [3.05, 3.63) is 58.1 Å². The Hall–Kier alpha value is -3.07. The molecule has 0 aliphatic rings. The summed E-state index contributed by atoms with van der Waals surface area (Å²) in [5, 5.41) is 8.04. The van der Waals surface area contributed by atoms with Gasteiger partial charge in [0, 0.05) is 29.7 Å². The fourth-order valence-electron chi connectivity index (χ4n) is 2.42. The molecular weight excluding hydrogens is 442 g/mol. The average Bonchev–Trinajstić information content (AvgIpc) is 2.73. The van der Waals surface area contributed by atoms with Gasteiger partial charge in [0.1, 0.15) is 11.3 Å². The SMILES string of the molecule is COC(=O)c1cc(CNC(=O)CCNC(=O)Nc2ccc(Br)cc2)ccc1OC. The van der Waals surface area contributed by atoms with Crippen LogP contribution in [-0.2, 0) is 16.1 Å². The number of anilines is 1. The number of carbonyl (C=O) groups is 3. The summed E-state index contributed by atoms with van der Waals surface area (Å²) in [5.41, 5.74) is 1.66. The molecule has 0 saturated heterocycles. The van der Waals surface area contributed by atoms with Crippen molar-refractivity contribution >= 4 is 39.5 Å². The maximum atomic E-state index is 12.0. The Labute approximate surface area is 177 Å². The molecule has 8 nitrogen and oxygen atoms in total. The Bertz CT molecular complexity index is 871. The van der Waals surface area contributed by atoms with Crippen molar-refractivity contribution in [2.24, 2.45) is 0 Å². The summed E-state index contributed by atoms with van der Waals surface area (Å²) in [6, 6.07) is 11.7. The number of hydrogen-bond donors (Lipinski definition) is 3. The van der Waals surface area contributed by atoms with Gasteiger partial charge in [0.2, 0.25) is 5.91 Å². The van der Waals surface area contributed by atoms with E-state index in [9.17, 15) is 14.4 Å². The molecule has 0 aliphatic carbocycles. The number of nitrogens with one attached hydrogen (secondary N) is 3. The molecule has 154 valence electrons. The second-order valence-electron chi connectivity index (χ2n) is 5.94. The van der Waals surface area contributed by atoms with E-state index in [-0.39, 0.29) is 31.0 Å². The first-order valence-electron chi connectivity index (χ1n) is 8.75. The van der Waals surface area contributed by atoms with Crippen LogP contribution in [-0.4, -0.2) is 38.7 Å². The van der Waals surface area contributed by atoms with Crippen LogP contribution in [0.4, 0.5) is 10.5 Å². The zero-order chi connectivity index (χ0) is 21.2. The summed E-state index contributed by atoms with van der Waals surface area (Å²) in [6.07, 6.45) is 0.119. The van der Waals surface area contributed by atoms with Crippen LogP contribution in [0, 0.1) is 0 Å². The third-order valence-corrected chi connectivity index (χ3v) is 4.43. The molecule has 0 aliphatic heterocycles. The Morgan fingerprint density at radius 3 is 2.38 bits per heavy atom. The first-order valence-corrected chi connectivity index (χ1v) is 9.54. The van der Waals surface area contributed by atoms with E-state index >= 15 is 0 Å². The number of halogens is 1. The predicted octanol–water partition coefficient (Wildman–Crippen LogP) is 3.07.